The lowest BCUT2D eigenvalue weighted by Crippen LogP contribution is -2.37. The van der Waals surface area contributed by atoms with Crippen molar-refractivity contribution < 1.29 is 9.53 Å². The number of aryl methyl sites for hydroxylation is 1. The molecule has 0 saturated carbocycles. The number of amides is 1. The molecule has 1 atom stereocenters. The zero-order chi connectivity index (χ0) is 19.8. The smallest absolute Gasteiger partial charge is 0.247 e. The van der Waals surface area contributed by atoms with Crippen LogP contribution in [0.5, 0.6) is 0 Å². The molecule has 0 saturated heterocycles. The predicted molar refractivity (Wildman–Crippen MR) is 110 cm³/mol. The number of benzene rings is 2. The highest BCUT2D eigenvalue weighted by molar-refractivity contribution is 5.96. The van der Waals surface area contributed by atoms with Gasteiger partial charge in [-0.2, -0.15) is 0 Å². The summed E-state index contributed by atoms with van der Waals surface area (Å²) in [5.41, 5.74) is 2.63. The maximum absolute atomic E-state index is 13.0. The number of hydrogen-bond acceptors (Lipinski definition) is 5. The summed E-state index contributed by atoms with van der Waals surface area (Å²) in [5.74, 6) is 1.05. The van der Waals surface area contributed by atoms with Gasteiger partial charge in [0.2, 0.25) is 5.91 Å². The van der Waals surface area contributed by atoms with Gasteiger partial charge in [-0.05, 0) is 24.6 Å². The van der Waals surface area contributed by atoms with Crippen LogP contribution in [0.25, 0.3) is 0 Å². The molecule has 144 valence electrons. The van der Waals surface area contributed by atoms with Gasteiger partial charge in [0.25, 0.3) is 0 Å². The van der Waals surface area contributed by atoms with E-state index in [1.54, 1.807) is 7.11 Å². The summed E-state index contributed by atoms with van der Waals surface area (Å²) in [5, 5.41) is 6.24. The first-order chi connectivity index (χ1) is 13.6. The number of nitrogens with zero attached hydrogens (tertiary/aromatic N) is 2. The number of carbonyl (C=O) groups is 1. The van der Waals surface area contributed by atoms with Crippen molar-refractivity contribution in [2.24, 2.45) is 0 Å². The summed E-state index contributed by atoms with van der Waals surface area (Å²) in [6.07, 6.45) is 0.530. The Bertz CT molecular complexity index is 901. The summed E-state index contributed by atoms with van der Waals surface area (Å²) in [7, 11) is 1.60. The normalized spacial score (nSPS) is 11.6. The van der Waals surface area contributed by atoms with Gasteiger partial charge in [0.1, 0.15) is 18.5 Å². The van der Waals surface area contributed by atoms with E-state index in [2.05, 4.69) is 20.6 Å². The van der Waals surface area contributed by atoms with Gasteiger partial charge in [-0.15, -0.1) is 0 Å². The van der Waals surface area contributed by atoms with Gasteiger partial charge in [0.05, 0.1) is 0 Å². The van der Waals surface area contributed by atoms with E-state index in [-0.39, 0.29) is 5.91 Å². The molecule has 2 N–H and O–H groups in total. The molecule has 2 aromatic carbocycles. The summed E-state index contributed by atoms with van der Waals surface area (Å²) in [6.45, 7) is 2.21. The van der Waals surface area contributed by atoms with Gasteiger partial charge in [0.15, 0.2) is 5.82 Å². The van der Waals surface area contributed by atoms with Crippen LogP contribution in [0.2, 0.25) is 0 Å². The Labute approximate surface area is 165 Å². The summed E-state index contributed by atoms with van der Waals surface area (Å²) >= 11 is 0. The number of aromatic nitrogens is 2. The fourth-order valence-corrected chi connectivity index (χ4v) is 2.89. The first-order valence-electron chi connectivity index (χ1n) is 9.14. The van der Waals surface area contributed by atoms with Crippen LogP contribution in [0, 0.1) is 6.92 Å². The number of rotatable bonds is 8. The van der Waals surface area contributed by atoms with Crippen LogP contribution in [0.3, 0.4) is 0 Å². The SMILES string of the molecule is COCc1nc(C)cc(N[C@H](Cc2ccccc2)C(=O)Nc2ccccc2)n1. The van der Waals surface area contributed by atoms with Crippen molar-refractivity contribution in [3.8, 4) is 0 Å². The van der Waals surface area contributed by atoms with Gasteiger partial charge < -0.3 is 15.4 Å². The van der Waals surface area contributed by atoms with E-state index in [0.29, 0.717) is 24.7 Å². The van der Waals surface area contributed by atoms with Crippen LogP contribution in [0.1, 0.15) is 17.1 Å². The molecule has 0 bridgehead atoms. The summed E-state index contributed by atoms with van der Waals surface area (Å²) < 4.78 is 5.13. The molecule has 0 fully saturated rings. The van der Waals surface area contributed by atoms with Gasteiger partial charge >= 0.3 is 0 Å². The van der Waals surface area contributed by atoms with Crippen molar-refractivity contribution in [2.45, 2.75) is 26.0 Å². The molecule has 6 nitrogen and oxygen atoms in total. The number of ether oxygens (including phenoxy) is 1. The molecule has 1 heterocycles. The zero-order valence-corrected chi connectivity index (χ0v) is 16.1. The molecule has 6 heteroatoms. The van der Waals surface area contributed by atoms with E-state index in [9.17, 15) is 4.79 Å². The molecule has 3 rings (SSSR count). The molecule has 1 amide bonds. The highest BCUT2D eigenvalue weighted by Crippen LogP contribution is 2.14. The first-order valence-corrected chi connectivity index (χ1v) is 9.14. The summed E-state index contributed by atoms with van der Waals surface area (Å²) in [6, 6.07) is 20.7. The zero-order valence-electron chi connectivity index (χ0n) is 16.1. The minimum Gasteiger partial charge on any atom is -0.377 e. The number of anilines is 2. The molecule has 28 heavy (non-hydrogen) atoms. The molecule has 3 aromatic rings. The number of methoxy groups -OCH3 is 1. The average Bonchev–Trinajstić information content (AvgIpc) is 2.69. The van der Waals surface area contributed by atoms with Gasteiger partial charge in [-0.3, -0.25) is 4.79 Å². The van der Waals surface area contributed by atoms with Crippen LogP contribution in [-0.4, -0.2) is 29.0 Å². The van der Waals surface area contributed by atoms with E-state index in [1.807, 2.05) is 73.7 Å². The van der Waals surface area contributed by atoms with E-state index < -0.39 is 6.04 Å². The Kier molecular flexibility index (Phi) is 6.70. The van der Waals surface area contributed by atoms with Crippen molar-refractivity contribution in [3.63, 3.8) is 0 Å². The third kappa shape index (κ3) is 5.62. The molecule has 0 aliphatic heterocycles. The average molecular weight is 376 g/mol. The molecular formula is C22H24N4O2. The van der Waals surface area contributed by atoms with Gasteiger partial charge in [-0.25, -0.2) is 9.97 Å². The van der Waals surface area contributed by atoms with Crippen LogP contribution >= 0.6 is 0 Å². The van der Waals surface area contributed by atoms with E-state index in [1.165, 1.54) is 0 Å². The Morgan fingerprint density at radius 3 is 2.39 bits per heavy atom. The monoisotopic (exact) mass is 376 g/mol. The maximum Gasteiger partial charge on any atom is 0.247 e. The lowest BCUT2D eigenvalue weighted by Gasteiger charge is -2.20. The third-order valence-electron chi connectivity index (χ3n) is 4.14. The largest absolute Gasteiger partial charge is 0.377 e. The maximum atomic E-state index is 13.0. The number of nitrogens with one attached hydrogen (secondary N) is 2. The molecule has 1 aromatic heterocycles. The second-order valence-electron chi connectivity index (χ2n) is 6.49. The minimum atomic E-state index is -0.493. The summed E-state index contributed by atoms with van der Waals surface area (Å²) in [4.78, 5) is 21.8. The van der Waals surface area contributed by atoms with Crippen molar-refractivity contribution in [2.75, 3.05) is 17.7 Å². The van der Waals surface area contributed by atoms with E-state index >= 15 is 0 Å². The lowest BCUT2D eigenvalue weighted by atomic mass is 10.0. The quantitative estimate of drug-likeness (QED) is 0.628. The Balaban J connectivity index is 1.82. The highest BCUT2D eigenvalue weighted by Gasteiger charge is 2.20. The van der Waals surface area contributed by atoms with Gasteiger partial charge in [-0.1, -0.05) is 48.5 Å². The second-order valence-corrected chi connectivity index (χ2v) is 6.49. The Morgan fingerprint density at radius 2 is 1.71 bits per heavy atom. The van der Waals surface area contributed by atoms with Crippen LogP contribution < -0.4 is 10.6 Å². The van der Waals surface area contributed by atoms with Crippen molar-refractivity contribution in [3.05, 3.63) is 83.8 Å². The number of para-hydroxylation sites is 1. The van der Waals surface area contributed by atoms with Crippen LogP contribution in [0.4, 0.5) is 11.5 Å². The van der Waals surface area contributed by atoms with Crippen LogP contribution in [0.15, 0.2) is 66.7 Å². The van der Waals surface area contributed by atoms with Crippen LogP contribution in [-0.2, 0) is 22.6 Å². The van der Waals surface area contributed by atoms with E-state index in [4.69, 9.17) is 4.74 Å². The van der Waals surface area contributed by atoms with Crippen molar-refractivity contribution >= 4 is 17.4 Å². The number of hydrogen-bond donors (Lipinski definition) is 2. The standard InChI is InChI=1S/C22H24N4O2/c1-16-13-20(26-21(23-16)15-28-2)25-19(14-17-9-5-3-6-10-17)22(27)24-18-11-7-4-8-12-18/h3-13,19H,14-15H2,1-2H3,(H,24,27)(H,23,25,26)/t19-/m1/s1. The predicted octanol–water partition coefficient (Wildman–Crippen LogP) is 3.59. The fraction of sp³-hybridized carbons (Fsp3) is 0.227. The topological polar surface area (TPSA) is 76.1 Å². The molecule has 0 spiro atoms. The molecule has 0 aliphatic carbocycles. The fourth-order valence-electron chi connectivity index (χ4n) is 2.89. The third-order valence-corrected chi connectivity index (χ3v) is 4.14. The highest BCUT2D eigenvalue weighted by atomic mass is 16.5. The first kappa shape index (κ1) is 19.5. The van der Waals surface area contributed by atoms with Crippen molar-refractivity contribution in [1.82, 2.24) is 9.97 Å². The minimum absolute atomic E-state index is 0.125. The Hall–Kier alpha value is -3.25. The molecule has 0 aliphatic rings. The molecule has 0 radical (unpaired) electrons. The van der Waals surface area contributed by atoms with E-state index in [0.717, 1.165) is 16.9 Å². The molecule has 0 unspecified atom stereocenters. The lowest BCUT2D eigenvalue weighted by molar-refractivity contribution is -0.116. The van der Waals surface area contributed by atoms with Crippen molar-refractivity contribution in [1.29, 1.82) is 0 Å². The Morgan fingerprint density at radius 1 is 1.04 bits per heavy atom. The molecular weight excluding hydrogens is 352 g/mol. The number of carbonyl (C=O) groups excluding carboxylic acids is 1. The van der Waals surface area contributed by atoms with Gasteiger partial charge in [0, 0.05) is 31.0 Å². The second kappa shape index (κ2) is 9.62.